The molecule has 1 aliphatic heterocycles. The highest BCUT2D eigenvalue weighted by Gasteiger charge is 2.39. The lowest BCUT2D eigenvalue weighted by atomic mass is 9.94. The highest BCUT2D eigenvalue weighted by atomic mass is 16.5. The van der Waals surface area contributed by atoms with Crippen molar-refractivity contribution in [3.63, 3.8) is 0 Å². The first-order chi connectivity index (χ1) is 12.1. The van der Waals surface area contributed by atoms with Crippen LogP contribution in [0.15, 0.2) is 0 Å². The molecule has 0 radical (unpaired) electrons. The Labute approximate surface area is 155 Å². The van der Waals surface area contributed by atoms with Gasteiger partial charge in [-0.25, -0.2) is 0 Å². The molecule has 1 fully saturated rings. The third-order valence-corrected chi connectivity index (χ3v) is 4.54. The number of nitrogens with one attached hydrogen (secondary N) is 1. The van der Waals surface area contributed by atoms with Crippen molar-refractivity contribution in [2.45, 2.75) is 71.9 Å². The van der Waals surface area contributed by atoms with Gasteiger partial charge in [0.1, 0.15) is 6.29 Å². The maximum atomic E-state index is 12.2. The lowest BCUT2D eigenvalue weighted by molar-refractivity contribution is -0.140. The molecule has 0 aromatic carbocycles. The molecule has 26 heavy (non-hydrogen) atoms. The van der Waals surface area contributed by atoms with E-state index in [1.165, 1.54) is 4.90 Å². The van der Waals surface area contributed by atoms with Crippen molar-refractivity contribution >= 4 is 24.0 Å². The van der Waals surface area contributed by atoms with Gasteiger partial charge in [0.05, 0.1) is 18.2 Å². The van der Waals surface area contributed by atoms with Gasteiger partial charge in [0.25, 0.3) is 0 Å². The Morgan fingerprint density at radius 3 is 2.54 bits per heavy atom. The van der Waals surface area contributed by atoms with E-state index in [0.29, 0.717) is 19.4 Å². The fraction of sp³-hybridized carbons (Fsp3) is 0.789. The van der Waals surface area contributed by atoms with E-state index in [9.17, 15) is 19.2 Å². The highest BCUT2D eigenvalue weighted by Crippen LogP contribution is 2.26. The Morgan fingerprint density at radius 1 is 1.35 bits per heavy atom. The number of amides is 3. The summed E-state index contributed by atoms with van der Waals surface area (Å²) in [7, 11) is 0. The standard InChI is InChI=1S/C19H32N2O5/c1-13(2)15-11-17(24)21(18(15)25)9-8-16(23)20-19(4,5)12-26-14(3)7-6-10-22/h10,13-15H,6-9,11-12H2,1-5H3,(H,20,23). The number of hydrogen-bond acceptors (Lipinski definition) is 5. The van der Waals surface area contributed by atoms with Crippen LogP contribution in [-0.4, -0.2) is 53.7 Å². The lowest BCUT2D eigenvalue weighted by Gasteiger charge is -2.28. The van der Waals surface area contributed by atoms with Crippen LogP contribution in [0.25, 0.3) is 0 Å². The van der Waals surface area contributed by atoms with Crippen molar-refractivity contribution in [2.75, 3.05) is 13.2 Å². The number of aldehydes is 1. The van der Waals surface area contributed by atoms with Crippen LogP contribution < -0.4 is 5.32 Å². The average molecular weight is 368 g/mol. The third kappa shape index (κ3) is 6.86. The summed E-state index contributed by atoms with van der Waals surface area (Å²) in [5.41, 5.74) is -0.577. The van der Waals surface area contributed by atoms with Crippen molar-refractivity contribution in [1.29, 1.82) is 0 Å². The molecule has 7 heteroatoms. The molecule has 0 saturated carbocycles. The van der Waals surface area contributed by atoms with E-state index in [4.69, 9.17) is 4.74 Å². The summed E-state index contributed by atoms with van der Waals surface area (Å²) in [6.07, 6.45) is 2.19. The van der Waals surface area contributed by atoms with Crippen LogP contribution in [0.4, 0.5) is 0 Å². The molecule has 2 unspecified atom stereocenters. The molecule has 0 spiro atoms. The summed E-state index contributed by atoms with van der Waals surface area (Å²) < 4.78 is 5.67. The summed E-state index contributed by atoms with van der Waals surface area (Å²) >= 11 is 0. The Morgan fingerprint density at radius 2 is 2.00 bits per heavy atom. The first-order valence-electron chi connectivity index (χ1n) is 9.28. The van der Waals surface area contributed by atoms with Crippen LogP contribution in [0.2, 0.25) is 0 Å². The van der Waals surface area contributed by atoms with Gasteiger partial charge in [-0.1, -0.05) is 13.8 Å². The number of hydrogen-bond donors (Lipinski definition) is 1. The van der Waals surface area contributed by atoms with E-state index >= 15 is 0 Å². The average Bonchev–Trinajstić information content (AvgIpc) is 2.83. The highest BCUT2D eigenvalue weighted by molar-refractivity contribution is 6.03. The monoisotopic (exact) mass is 368 g/mol. The summed E-state index contributed by atoms with van der Waals surface area (Å²) in [5.74, 6) is -0.768. The van der Waals surface area contributed by atoms with E-state index in [1.54, 1.807) is 0 Å². The van der Waals surface area contributed by atoms with Crippen LogP contribution in [0, 0.1) is 11.8 Å². The van der Waals surface area contributed by atoms with Crippen molar-refractivity contribution in [1.82, 2.24) is 10.2 Å². The van der Waals surface area contributed by atoms with Gasteiger partial charge in [-0.15, -0.1) is 0 Å². The quantitative estimate of drug-likeness (QED) is 0.442. The van der Waals surface area contributed by atoms with Gasteiger partial charge in [0.15, 0.2) is 0 Å². The van der Waals surface area contributed by atoms with E-state index < -0.39 is 5.54 Å². The second-order valence-electron chi connectivity index (χ2n) is 7.99. The second-order valence-corrected chi connectivity index (χ2v) is 7.99. The van der Waals surface area contributed by atoms with Crippen LogP contribution in [0.5, 0.6) is 0 Å². The maximum Gasteiger partial charge on any atom is 0.233 e. The van der Waals surface area contributed by atoms with Crippen molar-refractivity contribution < 1.29 is 23.9 Å². The predicted molar refractivity (Wildman–Crippen MR) is 97.2 cm³/mol. The molecule has 0 aliphatic carbocycles. The Hall–Kier alpha value is -1.76. The van der Waals surface area contributed by atoms with Crippen molar-refractivity contribution in [2.24, 2.45) is 11.8 Å². The molecule has 148 valence electrons. The van der Waals surface area contributed by atoms with Gasteiger partial charge in [0.2, 0.25) is 17.7 Å². The SMILES string of the molecule is CC(CCC=O)OCC(C)(C)NC(=O)CCN1C(=O)CC(C(C)C)C1=O. The Bertz CT molecular complexity index is 530. The number of rotatable bonds is 11. The zero-order valence-electron chi connectivity index (χ0n) is 16.5. The summed E-state index contributed by atoms with van der Waals surface area (Å²) in [4.78, 5) is 48.0. The molecule has 2 atom stereocenters. The minimum atomic E-state index is -0.577. The lowest BCUT2D eigenvalue weighted by Crippen LogP contribution is -2.48. The molecule has 1 rings (SSSR count). The number of imide groups is 1. The fourth-order valence-corrected chi connectivity index (χ4v) is 2.89. The maximum absolute atomic E-state index is 12.2. The molecule has 1 saturated heterocycles. The molecule has 7 nitrogen and oxygen atoms in total. The normalized spacial score (nSPS) is 19.2. The van der Waals surface area contributed by atoms with E-state index in [2.05, 4.69) is 5.32 Å². The summed E-state index contributed by atoms with van der Waals surface area (Å²) in [5, 5.41) is 2.87. The van der Waals surface area contributed by atoms with E-state index in [1.807, 2.05) is 34.6 Å². The Kier molecular flexibility index (Phi) is 8.40. The second kappa shape index (κ2) is 9.80. The van der Waals surface area contributed by atoms with Crippen LogP contribution >= 0.6 is 0 Å². The molecule has 0 aromatic heterocycles. The fourth-order valence-electron chi connectivity index (χ4n) is 2.89. The molecule has 3 amide bonds. The minimum absolute atomic E-state index is 0.0656. The zero-order chi connectivity index (χ0) is 19.9. The van der Waals surface area contributed by atoms with Crippen LogP contribution in [0.3, 0.4) is 0 Å². The number of carbonyl (C=O) groups is 4. The first-order valence-corrected chi connectivity index (χ1v) is 9.28. The minimum Gasteiger partial charge on any atom is -0.376 e. The van der Waals surface area contributed by atoms with Crippen molar-refractivity contribution in [3.8, 4) is 0 Å². The molecule has 1 aliphatic rings. The van der Waals surface area contributed by atoms with Crippen LogP contribution in [0.1, 0.15) is 60.3 Å². The summed E-state index contributed by atoms with van der Waals surface area (Å²) in [6.45, 7) is 9.85. The molecule has 0 aromatic rings. The zero-order valence-corrected chi connectivity index (χ0v) is 16.5. The van der Waals surface area contributed by atoms with E-state index in [-0.39, 0.29) is 55.0 Å². The summed E-state index contributed by atoms with van der Waals surface area (Å²) in [6, 6.07) is 0. The number of carbonyl (C=O) groups excluding carboxylic acids is 4. The van der Waals surface area contributed by atoms with Crippen LogP contribution in [-0.2, 0) is 23.9 Å². The van der Waals surface area contributed by atoms with Gasteiger partial charge < -0.3 is 14.8 Å². The number of nitrogens with zero attached hydrogens (tertiary/aromatic N) is 1. The van der Waals surface area contributed by atoms with E-state index in [0.717, 1.165) is 6.29 Å². The number of likely N-dealkylation sites (tertiary alicyclic amines) is 1. The predicted octanol–water partition coefficient (Wildman–Crippen LogP) is 1.69. The van der Waals surface area contributed by atoms with Gasteiger partial charge in [0, 0.05) is 31.7 Å². The molecular weight excluding hydrogens is 336 g/mol. The molecule has 0 bridgehead atoms. The molecule has 1 heterocycles. The van der Waals surface area contributed by atoms with Gasteiger partial charge in [-0.3, -0.25) is 19.3 Å². The third-order valence-electron chi connectivity index (χ3n) is 4.54. The molecular formula is C19H32N2O5. The largest absolute Gasteiger partial charge is 0.376 e. The Balaban J connectivity index is 2.42. The number of ether oxygens (including phenoxy) is 1. The van der Waals surface area contributed by atoms with Gasteiger partial charge in [-0.05, 0) is 33.1 Å². The van der Waals surface area contributed by atoms with Gasteiger partial charge >= 0.3 is 0 Å². The van der Waals surface area contributed by atoms with Gasteiger partial charge in [-0.2, -0.15) is 0 Å². The smallest absolute Gasteiger partial charge is 0.233 e. The topological polar surface area (TPSA) is 92.8 Å². The van der Waals surface area contributed by atoms with Crippen molar-refractivity contribution in [3.05, 3.63) is 0 Å². The first kappa shape index (κ1) is 22.3. The molecule has 1 N–H and O–H groups in total.